The highest BCUT2D eigenvalue weighted by atomic mass is 14.6. The van der Waals surface area contributed by atoms with Crippen molar-refractivity contribution in [2.75, 3.05) is 0 Å². The van der Waals surface area contributed by atoms with Gasteiger partial charge in [0.25, 0.3) is 0 Å². The lowest BCUT2D eigenvalue weighted by atomic mass is 9.90. The van der Waals surface area contributed by atoms with Crippen LogP contribution in [0.4, 0.5) is 0 Å². The molecule has 0 spiro atoms. The Hall–Kier alpha value is -0.980. The molecule has 0 aromatic heterocycles. The maximum absolute atomic E-state index is 5.76. The van der Waals surface area contributed by atoms with Gasteiger partial charge in [-0.05, 0) is 37.8 Å². The number of rotatable bonds is 3. The molecule has 0 heterocycles. The van der Waals surface area contributed by atoms with Crippen molar-refractivity contribution in [3.05, 3.63) is 35.1 Å². The summed E-state index contributed by atoms with van der Waals surface area (Å²) < 4.78 is 0. The van der Waals surface area contributed by atoms with Crippen molar-refractivity contribution in [1.29, 1.82) is 0 Å². The molecule has 0 saturated heterocycles. The summed E-state index contributed by atoms with van der Waals surface area (Å²) in [5.74, 6) is 0.496. The fourth-order valence-corrected chi connectivity index (χ4v) is 1.56. The third-order valence-electron chi connectivity index (χ3n) is 2.04. The predicted molar refractivity (Wildman–Crippen MR) is 60.3 cm³/mol. The Labute approximate surface area is 82.0 Å². The van der Waals surface area contributed by atoms with Crippen molar-refractivity contribution < 1.29 is 0 Å². The van der Waals surface area contributed by atoms with Gasteiger partial charge in [-0.25, -0.2) is 0 Å². The van der Waals surface area contributed by atoms with Crippen LogP contribution in [0.15, 0.2) is 35.1 Å². The zero-order valence-electron chi connectivity index (χ0n) is 9.44. The normalized spacial score (nSPS) is 11.7. The van der Waals surface area contributed by atoms with Gasteiger partial charge in [-0.2, -0.15) is 0 Å². The van der Waals surface area contributed by atoms with E-state index in [1.165, 1.54) is 11.1 Å². The molecule has 0 aliphatic carbocycles. The molecule has 0 amide bonds. The van der Waals surface area contributed by atoms with Crippen LogP contribution >= 0.6 is 0 Å². The third kappa shape index (κ3) is 3.10. The molecule has 1 nitrogen and oxygen atoms in total. The topological polar surface area (TPSA) is 26.0 Å². The van der Waals surface area contributed by atoms with Crippen molar-refractivity contribution in [2.45, 2.75) is 34.6 Å². The van der Waals surface area contributed by atoms with Gasteiger partial charge >= 0.3 is 0 Å². The smallest absolute Gasteiger partial charge is 0.0316 e. The van der Waals surface area contributed by atoms with Crippen LogP contribution < -0.4 is 5.73 Å². The Morgan fingerprint density at radius 1 is 1.31 bits per heavy atom. The van der Waals surface area contributed by atoms with E-state index >= 15 is 0 Å². The molecule has 0 radical (unpaired) electrons. The van der Waals surface area contributed by atoms with Gasteiger partial charge in [-0.3, -0.25) is 0 Å². The van der Waals surface area contributed by atoms with Crippen LogP contribution in [-0.4, -0.2) is 0 Å². The average Bonchev–Trinajstić information content (AvgIpc) is 1.97. The van der Waals surface area contributed by atoms with E-state index in [-0.39, 0.29) is 0 Å². The number of nitrogens with two attached hydrogens (primary N) is 1. The van der Waals surface area contributed by atoms with Crippen molar-refractivity contribution in [1.82, 2.24) is 0 Å². The molecule has 0 unspecified atom stereocenters. The highest BCUT2D eigenvalue weighted by Crippen LogP contribution is 2.25. The lowest BCUT2D eigenvalue weighted by molar-refractivity contribution is 0.774. The summed E-state index contributed by atoms with van der Waals surface area (Å²) in [5.41, 5.74) is 10.1. The standard InChI is InChI=1S/C12H21N/c1-7-11(8(2)3)12(9(4)5)10(6)13/h7-8H,6,13H2,1-5H3/b11-7-. The van der Waals surface area contributed by atoms with Crippen LogP contribution in [-0.2, 0) is 0 Å². The average molecular weight is 179 g/mol. The van der Waals surface area contributed by atoms with Crippen LogP contribution in [0.3, 0.4) is 0 Å². The molecule has 0 aliphatic rings. The minimum Gasteiger partial charge on any atom is -0.399 e. The summed E-state index contributed by atoms with van der Waals surface area (Å²) in [6.45, 7) is 14.3. The van der Waals surface area contributed by atoms with Gasteiger partial charge in [0.2, 0.25) is 0 Å². The van der Waals surface area contributed by atoms with Gasteiger partial charge < -0.3 is 5.73 Å². The van der Waals surface area contributed by atoms with Crippen molar-refractivity contribution in [3.8, 4) is 0 Å². The first-order valence-corrected chi connectivity index (χ1v) is 4.70. The Kier molecular flexibility index (Phi) is 4.53. The molecule has 0 aromatic rings. The van der Waals surface area contributed by atoms with Crippen molar-refractivity contribution >= 4 is 0 Å². The molecule has 0 atom stereocenters. The molecule has 0 aliphatic heterocycles. The first kappa shape index (κ1) is 12.0. The highest BCUT2D eigenvalue weighted by Gasteiger charge is 2.10. The minimum absolute atomic E-state index is 0.496. The molecule has 2 N–H and O–H groups in total. The number of hydrogen-bond acceptors (Lipinski definition) is 1. The van der Waals surface area contributed by atoms with E-state index in [1.807, 2.05) is 6.92 Å². The molecule has 1 heteroatoms. The molecule has 0 rings (SSSR count). The zero-order valence-corrected chi connectivity index (χ0v) is 9.44. The van der Waals surface area contributed by atoms with Gasteiger partial charge in [-0.1, -0.05) is 32.1 Å². The van der Waals surface area contributed by atoms with Crippen LogP contribution in [0.5, 0.6) is 0 Å². The van der Waals surface area contributed by atoms with Gasteiger partial charge in [0, 0.05) is 5.70 Å². The molecular weight excluding hydrogens is 158 g/mol. The van der Waals surface area contributed by atoms with Crippen LogP contribution in [0.1, 0.15) is 34.6 Å². The highest BCUT2D eigenvalue weighted by molar-refractivity contribution is 5.46. The quantitative estimate of drug-likeness (QED) is 0.660. The number of hydrogen-bond donors (Lipinski definition) is 1. The molecular formula is C12H21N. The zero-order chi connectivity index (χ0) is 10.6. The fraction of sp³-hybridized carbons (Fsp3) is 0.500. The lowest BCUT2D eigenvalue weighted by Gasteiger charge is -2.17. The van der Waals surface area contributed by atoms with E-state index in [4.69, 9.17) is 5.73 Å². The fourth-order valence-electron chi connectivity index (χ4n) is 1.56. The first-order valence-electron chi connectivity index (χ1n) is 4.70. The van der Waals surface area contributed by atoms with Crippen LogP contribution in [0, 0.1) is 5.92 Å². The van der Waals surface area contributed by atoms with Crippen molar-refractivity contribution in [3.63, 3.8) is 0 Å². The third-order valence-corrected chi connectivity index (χ3v) is 2.04. The van der Waals surface area contributed by atoms with E-state index in [1.54, 1.807) is 0 Å². The second kappa shape index (κ2) is 4.90. The second-order valence-electron chi connectivity index (χ2n) is 3.80. The molecule has 0 saturated carbocycles. The molecule has 0 fully saturated rings. The summed E-state index contributed by atoms with van der Waals surface area (Å²) in [5, 5.41) is 0. The van der Waals surface area contributed by atoms with E-state index in [0.29, 0.717) is 11.6 Å². The number of allylic oxidation sites excluding steroid dienone is 3. The maximum Gasteiger partial charge on any atom is 0.0316 e. The van der Waals surface area contributed by atoms with Crippen molar-refractivity contribution in [2.24, 2.45) is 11.7 Å². The van der Waals surface area contributed by atoms with E-state index in [2.05, 4.69) is 40.3 Å². The van der Waals surface area contributed by atoms with Crippen LogP contribution in [0.2, 0.25) is 0 Å². The van der Waals surface area contributed by atoms with E-state index in [0.717, 1.165) is 5.57 Å². The summed E-state index contributed by atoms with van der Waals surface area (Å²) >= 11 is 0. The molecule has 13 heavy (non-hydrogen) atoms. The van der Waals surface area contributed by atoms with E-state index in [9.17, 15) is 0 Å². The summed E-state index contributed by atoms with van der Waals surface area (Å²) in [7, 11) is 0. The Balaban J connectivity index is 5.21. The van der Waals surface area contributed by atoms with Gasteiger partial charge in [0.15, 0.2) is 0 Å². The lowest BCUT2D eigenvalue weighted by Crippen LogP contribution is -2.07. The maximum atomic E-state index is 5.76. The summed E-state index contributed by atoms with van der Waals surface area (Å²) in [4.78, 5) is 0. The second-order valence-corrected chi connectivity index (χ2v) is 3.80. The Morgan fingerprint density at radius 3 is 1.85 bits per heavy atom. The SMILES string of the molecule is C=C(N)C(=C(C)C)/C(=C\C)C(C)C. The Morgan fingerprint density at radius 2 is 1.77 bits per heavy atom. The molecule has 0 bridgehead atoms. The minimum atomic E-state index is 0.496. The Bertz CT molecular complexity index is 250. The monoisotopic (exact) mass is 179 g/mol. The molecule has 0 aromatic carbocycles. The predicted octanol–water partition coefficient (Wildman–Crippen LogP) is 3.40. The van der Waals surface area contributed by atoms with E-state index < -0.39 is 0 Å². The first-order chi connectivity index (χ1) is 5.91. The molecule has 74 valence electrons. The van der Waals surface area contributed by atoms with Gasteiger partial charge in [0.1, 0.15) is 0 Å². The summed E-state index contributed by atoms with van der Waals surface area (Å²) in [6.07, 6.45) is 2.12. The van der Waals surface area contributed by atoms with Gasteiger partial charge in [0.05, 0.1) is 0 Å². The van der Waals surface area contributed by atoms with Gasteiger partial charge in [-0.15, -0.1) is 0 Å². The largest absolute Gasteiger partial charge is 0.399 e. The summed E-state index contributed by atoms with van der Waals surface area (Å²) in [6, 6.07) is 0. The van der Waals surface area contributed by atoms with Crippen LogP contribution in [0.25, 0.3) is 0 Å².